The Hall–Kier alpha value is -1.22. The summed E-state index contributed by atoms with van der Waals surface area (Å²) in [5, 5.41) is 3.06. The fourth-order valence-corrected chi connectivity index (χ4v) is 2.45. The molecule has 0 atom stereocenters. The van der Waals surface area contributed by atoms with Gasteiger partial charge in [-0.1, -0.05) is 0 Å². The van der Waals surface area contributed by atoms with E-state index in [0.29, 0.717) is 11.4 Å². The van der Waals surface area contributed by atoms with Gasteiger partial charge in [0.05, 0.1) is 5.54 Å². The third-order valence-electron chi connectivity index (χ3n) is 3.59. The lowest BCUT2D eigenvalue weighted by molar-refractivity contribution is 0.0854. The van der Waals surface area contributed by atoms with Gasteiger partial charge in [-0.05, 0) is 43.5 Å². The van der Waals surface area contributed by atoms with E-state index >= 15 is 0 Å². The smallest absolute Gasteiger partial charge is 0.251 e. The zero-order valence-electron chi connectivity index (χ0n) is 10.9. The van der Waals surface area contributed by atoms with Crippen LogP contribution in [0.2, 0.25) is 0 Å². The molecule has 3 nitrogen and oxygen atoms in total. The number of amides is 1. The minimum atomic E-state index is -0.168. The van der Waals surface area contributed by atoms with E-state index in [0.717, 1.165) is 24.9 Å². The molecule has 4 heteroatoms. The predicted molar refractivity (Wildman–Crippen MR) is 75.5 cm³/mol. The van der Waals surface area contributed by atoms with Gasteiger partial charge in [0.2, 0.25) is 0 Å². The molecule has 0 saturated heterocycles. The minimum Gasteiger partial charge on any atom is -0.378 e. The largest absolute Gasteiger partial charge is 0.378 e. The summed E-state index contributed by atoms with van der Waals surface area (Å²) in [4.78, 5) is 14.1. The van der Waals surface area contributed by atoms with E-state index in [-0.39, 0.29) is 11.4 Å². The zero-order chi connectivity index (χ0) is 13.2. The molecule has 1 fully saturated rings. The first kappa shape index (κ1) is 13.2. The number of anilines is 1. The Morgan fingerprint density at radius 3 is 2.33 bits per heavy atom. The van der Waals surface area contributed by atoms with Crippen LogP contribution in [0.15, 0.2) is 24.3 Å². The van der Waals surface area contributed by atoms with E-state index in [9.17, 15) is 4.79 Å². The summed E-state index contributed by atoms with van der Waals surface area (Å²) in [5.41, 5.74) is 1.61. The summed E-state index contributed by atoms with van der Waals surface area (Å²) in [7, 11) is 3.96. The molecule has 1 aromatic carbocycles. The molecule has 0 aliphatic heterocycles. The highest BCUT2D eigenvalue weighted by Gasteiger charge is 2.37. The first-order valence-corrected chi connectivity index (χ1v) is 6.76. The second-order valence-electron chi connectivity index (χ2n) is 5.16. The summed E-state index contributed by atoms with van der Waals surface area (Å²) in [6, 6.07) is 7.60. The second-order valence-corrected chi connectivity index (χ2v) is 5.43. The van der Waals surface area contributed by atoms with Crippen molar-refractivity contribution in [2.24, 2.45) is 0 Å². The lowest BCUT2D eigenvalue weighted by Crippen LogP contribution is -2.55. The van der Waals surface area contributed by atoms with Crippen molar-refractivity contribution in [3.63, 3.8) is 0 Å². The summed E-state index contributed by atoms with van der Waals surface area (Å²) in [6.07, 6.45) is 3.11. The molecule has 0 radical (unpaired) electrons. The average molecular weight is 267 g/mol. The lowest BCUT2D eigenvalue weighted by atomic mass is 9.78. The molecule has 0 heterocycles. The van der Waals surface area contributed by atoms with Crippen LogP contribution in [0.3, 0.4) is 0 Å². The number of benzene rings is 1. The maximum Gasteiger partial charge on any atom is 0.251 e. The van der Waals surface area contributed by atoms with Crippen molar-refractivity contribution in [1.29, 1.82) is 0 Å². The molecule has 2 rings (SSSR count). The van der Waals surface area contributed by atoms with Gasteiger partial charge in [-0.15, -0.1) is 11.6 Å². The standard InChI is InChI=1S/C14H19ClN2O/c1-17(2)12-6-4-11(5-7-12)13(18)16-14(10-15)8-3-9-14/h4-7H,3,8-10H2,1-2H3,(H,16,18). The molecular formula is C14H19ClN2O. The molecule has 0 spiro atoms. The van der Waals surface area contributed by atoms with Gasteiger partial charge in [0.1, 0.15) is 0 Å². The van der Waals surface area contributed by atoms with Crippen LogP contribution in [-0.2, 0) is 0 Å². The number of halogens is 1. The van der Waals surface area contributed by atoms with Crippen molar-refractivity contribution in [2.75, 3.05) is 24.9 Å². The topological polar surface area (TPSA) is 32.3 Å². The maximum atomic E-state index is 12.1. The van der Waals surface area contributed by atoms with E-state index in [2.05, 4.69) is 5.32 Å². The third kappa shape index (κ3) is 2.61. The van der Waals surface area contributed by atoms with Crippen LogP contribution in [0.5, 0.6) is 0 Å². The van der Waals surface area contributed by atoms with E-state index in [4.69, 9.17) is 11.6 Å². The van der Waals surface area contributed by atoms with Gasteiger partial charge in [0, 0.05) is 31.2 Å². The van der Waals surface area contributed by atoms with Gasteiger partial charge in [-0.3, -0.25) is 4.79 Å². The quantitative estimate of drug-likeness (QED) is 0.850. The van der Waals surface area contributed by atoms with E-state index < -0.39 is 0 Å². The fraction of sp³-hybridized carbons (Fsp3) is 0.500. The Kier molecular flexibility index (Phi) is 3.81. The van der Waals surface area contributed by atoms with Crippen LogP contribution < -0.4 is 10.2 Å². The molecule has 0 bridgehead atoms. The van der Waals surface area contributed by atoms with Gasteiger partial charge < -0.3 is 10.2 Å². The van der Waals surface area contributed by atoms with Crippen LogP contribution in [0.4, 0.5) is 5.69 Å². The first-order valence-electron chi connectivity index (χ1n) is 6.22. The predicted octanol–water partition coefficient (Wildman–Crippen LogP) is 2.64. The van der Waals surface area contributed by atoms with Gasteiger partial charge in [-0.25, -0.2) is 0 Å². The second kappa shape index (κ2) is 5.19. The van der Waals surface area contributed by atoms with Crippen molar-refractivity contribution < 1.29 is 4.79 Å². The van der Waals surface area contributed by atoms with Crippen molar-refractivity contribution >= 4 is 23.2 Å². The van der Waals surface area contributed by atoms with Crippen LogP contribution in [0.1, 0.15) is 29.6 Å². The van der Waals surface area contributed by atoms with Crippen molar-refractivity contribution in [2.45, 2.75) is 24.8 Å². The third-order valence-corrected chi connectivity index (χ3v) is 4.10. The highest BCUT2D eigenvalue weighted by atomic mass is 35.5. The van der Waals surface area contributed by atoms with Gasteiger partial charge in [0.25, 0.3) is 5.91 Å². The lowest BCUT2D eigenvalue weighted by Gasteiger charge is -2.41. The van der Waals surface area contributed by atoms with Gasteiger partial charge >= 0.3 is 0 Å². The Morgan fingerprint density at radius 1 is 1.33 bits per heavy atom. The monoisotopic (exact) mass is 266 g/mol. The highest BCUT2D eigenvalue weighted by Crippen LogP contribution is 2.33. The molecule has 1 amide bonds. The number of carbonyl (C=O) groups is 1. The molecule has 18 heavy (non-hydrogen) atoms. The van der Waals surface area contributed by atoms with E-state index in [1.54, 1.807) is 0 Å². The van der Waals surface area contributed by atoms with Crippen LogP contribution >= 0.6 is 11.6 Å². The van der Waals surface area contributed by atoms with Crippen LogP contribution in [0.25, 0.3) is 0 Å². The molecular weight excluding hydrogens is 248 g/mol. The van der Waals surface area contributed by atoms with E-state index in [1.807, 2.05) is 43.3 Å². The summed E-state index contributed by atoms with van der Waals surface area (Å²) >= 11 is 5.94. The van der Waals surface area contributed by atoms with Crippen molar-refractivity contribution in [1.82, 2.24) is 5.32 Å². The Balaban J connectivity index is 2.05. The number of carbonyl (C=O) groups excluding carboxylic acids is 1. The van der Waals surface area contributed by atoms with Crippen LogP contribution in [-0.4, -0.2) is 31.4 Å². The summed E-state index contributed by atoms with van der Waals surface area (Å²) in [5.74, 6) is 0.467. The zero-order valence-corrected chi connectivity index (χ0v) is 11.6. The number of nitrogens with one attached hydrogen (secondary N) is 1. The molecule has 1 saturated carbocycles. The Morgan fingerprint density at radius 2 is 1.94 bits per heavy atom. The number of alkyl halides is 1. The van der Waals surface area contributed by atoms with Crippen molar-refractivity contribution in [3.8, 4) is 0 Å². The molecule has 0 aromatic heterocycles. The number of nitrogens with zero attached hydrogens (tertiary/aromatic N) is 1. The molecule has 0 unspecified atom stereocenters. The number of hydrogen-bond acceptors (Lipinski definition) is 2. The normalized spacial score (nSPS) is 16.8. The van der Waals surface area contributed by atoms with E-state index in [1.165, 1.54) is 0 Å². The highest BCUT2D eigenvalue weighted by molar-refractivity contribution is 6.19. The maximum absolute atomic E-state index is 12.1. The Labute approximate surface area is 113 Å². The molecule has 1 aliphatic rings. The SMILES string of the molecule is CN(C)c1ccc(C(=O)NC2(CCl)CCC2)cc1. The van der Waals surface area contributed by atoms with Gasteiger partial charge in [0.15, 0.2) is 0 Å². The Bertz CT molecular complexity index is 418. The molecule has 1 aromatic rings. The number of hydrogen-bond donors (Lipinski definition) is 1. The average Bonchev–Trinajstić information content (AvgIpc) is 2.33. The van der Waals surface area contributed by atoms with Gasteiger partial charge in [-0.2, -0.15) is 0 Å². The number of rotatable bonds is 4. The summed E-state index contributed by atoms with van der Waals surface area (Å²) in [6.45, 7) is 0. The van der Waals surface area contributed by atoms with Crippen LogP contribution in [0, 0.1) is 0 Å². The summed E-state index contributed by atoms with van der Waals surface area (Å²) < 4.78 is 0. The first-order chi connectivity index (χ1) is 8.56. The van der Waals surface area contributed by atoms with Crippen molar-refractivity contribution in [3.05, 3.63) is 29.8 Å². The molecule has 1 aliphatic carbocycles. The molecule has 1 N–H and O–H groups in total. The minimum absolute atomic E-state index is 0.0272. The fourth-order valence-electron chi connectivity index (χ4n) is 2.12. The molecule has 98 valence electrons.